The maximum absolute atomic E-state index is 11.8. The standard InChI is InChI=1S/C12H10N4O/c13-8-4-3-7-16(11(8)17)12-14-9-5-1-2-6-10(9)15-12/h1-7H,13H2,(H,14,15). The second-order valence-corrected chi connectivity index (χ2v) is 3.72. The first kappa shape index (κ1) is 9.65. The van der Waals surface area contributed by atoms with E-state index in [0.717, 1.165) is 11.0 Å². The summed E-state index contributed by atoms with van der Waals surface area (Å²) in [5, 5.41) is 0. The first-order chi connectivity index (χ1) is 8.25. The first-order valence-electron chi connectivity index (χ1n) is 5.18. The van der Waals surface area contributed by atoms with E-state index in [2.05, 4.69) is 9.97 Å². The molecule has 5 nitrogen and oxygen atoms in total. The Morgan fingerprint density at radius 3 is 2.82 bits per heavy atom. The number of aromatic nitrogens is 3. The quantitative estimate of drug-likeness (QED) is 0.656. The van der Waals surface area contributed by atoms with Crippen LogP contribution in [0, 0.1) is 0 Å². The number of fused-ring (bicyclic) bond motifs is 1. The first-order valence-corrected chi connectivity index (χ1v) is 5.18. The van der Waals surface area contributed by atoms with E-state index in [9.17, 15) is 4.79 Å². The lowest BCUT2D eigenvalue weighted by molar-refractivity contribution is 0.922. The van der Waals surface area contributed by atoms with Crippen LogP contribution in [-0.4, -0.2) is 14.5 Å². The molecule has 0 aliphatic rings. The van der Waals surface area contributed by atoms with Crippen molar-refractivity contribution in [3.63, 3.8) is 0 Å². The highest BCUT2D eigenvalue weighted by Gasteiger charge is 2.06. The van der Waals surface area contributed by atoms with Gasteiger partial charge in [-0.15, -0.1) is 0 Å². The van der Waals surface area contributed by atoms with Crippen LogP contribution in [0.4, 0.5) is 5.69 Å². The number of benzene rings is 1. The summed E-state index contributed by atoms with van der Waals surface area (Å²) in [6.07, 6.45) is 1.64. The number of H-pyrrole nitrogens is 1. The summed E-state index contributed by atoms with van der Waals surface area (Å²) in [5.74, 6) is 0.475. The highest BCUT2D eigenvalue weighted by atomic mass is 16.1. The Morgan fingerprint density at radius 1 is 1.18 bits per heavy atom. The predicted octanol–water partition coefficient (Wildman–Crippen LogP) is 1.30. The van der Waals surface area contributed by atoms with Crippen LogP contribution in [-0.2, 0) is 0 Å². The smallest absolute Gasteiger partial charge is 0.280 e. The third-order valence-electron chi connectivity index (χ3n) is 2.58. The molecule has 0 bridgehead atoms. The number of aromatic amines is 1. The zero-order valence-electron chi connectivity index (χ0n) is 8.92. The van der Waals surface area contributed by atoms with Crippen molar-refractivity contribution >= 4 is 16.7 Å². The fraction of sp³-hybridized carbons (Fsp3) is 0. The Kier molecular flexibility index (Phi) is 1.98. The van der Waals surface area contributed by atoms with Gasteiger partial charge in [0.25, 0.3) is 5.56 Å². The number of imidazole rings is 1. The third-order valence-corrected chi connectivity index (χ3v) is 2.58. The van der Waals surface area contributed by atoms with Gasteiger partial charge in [-0.1, -0.05) is 12.1 Å². The maximum Gasteiger partial charge on any atom is 0.280 e. The lowest BCUT2D eigenvalue weighted by Gasteiger charge is -2.00. The molecule has 0 radical (unpaired) electrons. The Bertz CT molecular complexity index is 708. The molecule has 0 atom stereocenters. The van der Waals surface area contributed by atoms with Gasteiger partial charge in [-0.05, 0) is 24.3 Å². The minimum Gasteiger partial charge on any atom is -0.394 e. The third kappa shape index (κ3) is 1.48. The van der Waals surface area contributed by atoms with Gasteiger partial charge in [0.05, 0.1) is 16.7 Å². The molecule has 3 aromatic rings. The van der Waals surface area contributed by atoms with Gasteiger partial charge < -0.3 is 10.7 Å². The van der Waals surface area contributed by atoms with Gasteiger partial charge in [-0.25, -0.2) is 4.98 Å². The summed E-state index contributed by atoms with van der Waals surface area (Å²) < 4.78 is 1.40. The van der Waals surface area contributed by atoms with Crippen molar-refractivity contribution in [3.8, 4) is 5.95 Å². The Hall–Kier alpha value is -2.56. The molecule has 0 unspecified atom stereocenters. The molecule has 1 aromatic carbocycles. The Balaban J connectivity index is 2.28. The summed E-state index contributed by atoms with van der Waals surface area (Å²) in [6, 6.07) is 10.9. The second kappa shape index (κ2) is 3.48. The average molecular weight is 226 g/mol. The van der Waals surface area contributed by atoms with Crippen LogP contribution in [0.15, 0.2) is 47.4 Å². The number of para-hydroxylation sites is 2. The number of nitrogens with two attached hydrogens (primary N) is 1. The maximum atomic E-state index is 11.8. The van der Waals surface area contributed by atoms with E-state index in [1.165, 1.54) is 4.57 Å². The highest BCUT2D eigenvalue weighted by Crippen LogP contribution is 2.12. The molecule has 84 valence electrons. The van der Waals surface area contributed by atoms with Crippen LogP contribution >= 0.6 is 0 Å². The molecular formula is C12H10N4O. The van der Waals surface area contributed by atoms with Gasteiger partial charge in [0.15, 0.2) is 0 Å². The topological polar surface area (TPSA) is 76.7 Å². The SMILES string of the molecule is Nc1cccn(-c2nc3ccccc3[nH]2)c1=O. The highest BCUT2D eigenvalue weighted by molar-refractivity contribution is 5.75. The van der Waals surface area contributed by atoms with Gasteiger partial charge >= 0.3 is 0 Å². The van der Waals surface area contributed by atoms with E-state index in [4.69, 9.17) is 5.73 Å². The van der Waals surface area contributed by atoms with E-state index >= 15 is 0 Å². The van der Waals surface area contributed by atoms with Gasteiger partial charge in [-0.2, -0.15) is 0 Å². The molecule has 0 aliphatic heterocycles. The van der Waals surface area contributed by atoms with Crippen molar-refractivity contribution in [2.75, 3.05) is 5.73 Å². The van der Waals surface area contributed by atoms with Gasteiger partial charge in [0.1, 0.15) is 0 Å². The van der Waals surface area contributed by atoms with Crippen molar-refractivity contribution in [2.24, 2.45) is 0 Å². The molecule has 0 aliphatic carbocycles. The van der Waals surface area contributed by atoms with Crippen molar-refractivity contribution < 1.29 is 0 Å². The van der Waals surface area contributed by atoms with Crippen molar-refractivity contribution in [1.82, 2.24) is 14.5 Å². The van der Waals surface area contributed by atoms with Crippen LogP contribution < -0.4 is 11.3 Å². The van der Waals surface area contributed by atoms with Gasteiger partial charge in [-0.3, -0.25) is 9.36 Å². The summed E-state index contributed by atoms with van der Waals surface area (Å²) in [6.45, 7) is 0. The van der Waals surface area contributed by atoms with E-state index in [1.54, 1.807) is 18.3 Å². The van der Waals surface area contributed by atoms with Crippen LogP contribution in [0.2, 0.25) is 0 Å². The Labute approximate surface area is 96.5 Å². The number of hydrogen-bond acceptors (Lipinski definition) is 3. The molecule has 0 spiro atoms. The summed E-state index contributed by atoms with van der Waals surface area (Å²) in [5.41, 5.74) is 7.21. The second-order valence-electron chi connectivity index (χ2n) is 3.72. The molecule has 2 aromatic heterocycles. The van der Waals surface area contributed by atoms with Crippen LogP contribution in [0.3, 0.4) is 0 Å². The zero-order valence-corrected chi connectivity index (χ0v) is 8.92. The predicted molar refractivity (Wildman–Crippen MR) is 66.1 cm³/mol. The summed E-state index contributed by atoms with van der Waals surface area (Å²) >= 11 is 0. The molecule has 3 N–H and O–H groups in total. The number of hydrogen-bond donors (Lipinski definition) is 2. The summed E-state index contributed by atoms with van der Waals surface area (Å²) in [7, 11) is 0. The molecule has 2 heterocycles. The van der Waals surface area contributed by atoms with Crippen molar-refractivity contribution in [2.45, 2.75) is 0 Å². The number of nitrogens with one attached hydrogen (secondary N) is 1. The molecule has 0 saturated carbocycles. The van der Waals surface area contributed by atoms with E-state index in [-0.39, 0.29) is 11.2 Å². The minimum atomic E-state index is -0.272. The fourth-order valence-corrected chi connectivity index (χ4v) is 1.73. The van der Waals surface area contributed by atoms with Crippen LogP contribution in [0.25, 0.3) is 17.0 Å². The van der Waals surface area contributed by atoms with E-state index < -0.39 is 0 Å². The van der Waals surface area contributed by atoms with Crippen molar-refractivity contribution in [3.05, 3.63) is 52.9 Å². The molecule has 0 fully saturated rings. The Morgan fingerprint density at radius 2 is 2.00 bits per heavy atom. The number of nitrogen functional groups attached to an aromatic ring is 1. The zero-order chi connectivity index (χ0) is 11.8. The number of anilines is 1. The number of nitrogens with zero attached hydrogens (tertiary/aromatic N) is 2. The summed E-state index contributed by atoms with van der Waals surface area (Å²) in [4.78, 5) is 19.2. The van der Waals surface area contributed by atoms with Crippen LogP contribution in [0.1, 0.15) is 0 Å². The largest absolute Gasteiger partial charge is 0.394 e. The van der Waals surface area contributed by atoms with E-state index in [1.807, 2.05) is 24.3 Å². The lowest BCUT2D eigenvalue weighted by atomic mass is 10.3. The lowest BCUT2D eigenvalue weighted by Crippen LogP contribution is -2.21. The monoisotopic (exact) mass is 226 g/mol. The van der Waals surface area contributed by atoms with Gasteiger partial charge in [0, 0.05) is 6.20 Å². The molecule has 0 amide bonds. The van der Waals surface area contributed by atoms with Crippen molar-refractivity contribution in [1.29, 1.82) is 0 Å². The fourth-order valence-electron chi connectivity index (χ4n) is 1.73. The molecule has 3 rings (SSSR count). The van der Waals surface area contributed by atoms with Crippen LogP contribution in [0.5, 0.6) is 0 Å². The normalized spacial score (nSPS) is 10.8. The van der Waals surface area contributed by atoms with Gasteiger partial charge in [0.2, 0.25) is 5.95 Å². The number of rotatable bonds is 1. The molecular weight excluding hydrogens is 216 g/mol. The average Bonchev–Trinajstić information content (AvgIpc) is 2.76. The number of pyridine rings is 1. The molecule has 17 heavy (non-hydrogen) atoms. The molecule has 5 heteroatoms. The minimum absolute atomic E-state index is 0.202. The van der Waals surface area contributed by atoms with E-state index in [0.29, 0.717) is 5.95 Å². The molecule has 0 saturated heterocycles.